The highest BCUT2D eigenvalue weighted by Crippen LogP contribution is 2.43. The molecule has 26 heavy (non-hydrogen) atoms. The van der Waals surface area contributed by atoms with Gasteiger partial charge in [-0.25, -0.2) is 0 Å². The van der Waals surface area contributed by atoms with E-state index in [0.29, 0.717) is 12.1 Å². The lowest BCUT2D eigenvalue weighted by molar-refractivity contribution is 0.183. The summed E-state index contributed by atoms with van der Waals surface area (Å²) in [4.78, 5) is 0. The predicted octanol–water partition coefficient (Wildman–Crippen LogP) is 6.70. The van der Waals surface area contributed by atoms with Crippen LogP contribution in [0, 0.1) is 18.3 Å². The zero-order valence-electron chi connectivity index (χ0n) is 16.7. The van der Waals surface area contributed by atoms with Gasteiger partial charge in [-0.1, -0.05) is 20.8 Å². The summed E-state index contributed by atoms with van der Waals surface area (Å²) in [5, 5.41) is 10.7. The molecule has 1 aromatic heterocycles. The standard InChI is InChI=1S/C21H29BrN2OSi/c1-14-9-20-18(10-15(14)12-23)19(22)13-24(20)16-7-8-17(11-16)25-26(5,6)21(2,3)4/h9-10,13,16-17H,7-8,11H2,1-6H3/t16-,17+/m1/s1. The number of rotatable bonds is 3. The summed E-state index contributed by atoms with van der Waals surface area (Å²) in [5.74, 6) is 0. The zero-order valence-corrected chi connectivity index (χ0v) is 19.3. The molecule has 1 fully saturated rings. The van der Waals surface area contributed by atoms with Crippen LogP contribution in [0.2, 0.25) is 18.1 Å². The SMILES string of the molecule is Cc1cc2c(cc1C#N)c(Br)cn2[C@@H]1CC[C@H](O[Si](C)(C)C(C)(C)C)C1. The van der Waals surface area contributed by atoms with Gasteiger partial charge in [-0.05, 0) is 77.9 Å². The number of fused-ring (bicyclic) bond motifs is 1. The fraction of sp³-hybridized carbons (Fsp3) is 0.571. The van der Waals surface area contributed by atoms with Gasteiger partial charge in [-0.2, -0.15) is 5.26 Å². The number of nitriles is 1. The van der Waals surface area contributed by atoms with Gasteiger partial charge in [0.1, 0.15) is 0 Å². The molecular formula is C21H29BrN2OSi. The van der Waals surface area contributed by atoms with Crippen molar-refractivity contribution in [2.75, 3.05) is 0 Å². The van der Waals surface area contributed by atoms with E-state index >= 15 is 0 Å². The van der Waals surface area contributed by atoms with Crippen LogP contribution in [0.3, 0.4) is 0 Å². The fourth-order valence-electron chi connectivity index (χ4n) is 3.65. The fourth-order valence-corrected chi connectivity index (χ4v) is 5.59. The second-order valence-electron chi connectivity index (χ2n) is 9.15. The Morgan fingerprint density at radius 2 is 1.96 bits per heavy atom. The smallest absolute Gasteiger partial charge is 0.192 e. The topological polar surface area (TPSA) is 38.0 Å². The van der Waals surface area contributed by atoms with Crippen molar-refractivity contribution >= 4 is 35.2 Å². The number of aryl methyl sites for hydroxylation is 1. The van der Waals surface area contributed by atoms with Crippen molar-refractivity contribution in [1.29, 1.82) is 5.26 Å². The first kappa shape index (κ1) is 19.7. The molecule has 0 aliphatic heterocycles. The molecule has 1 aliphatic rings. The molecule has 3 nitrogen and oxygen atoms in total. The molecule has 0 bridgehead atoms. The van der Waals surface area contributed by atoms with Gasteiger partial charge in [0.05, 0.1) is 11.6 Å². The highest BCUT2D eigenvalue weighted by atomic mass is 79.9. The van der Waals surface area contributed by atoms with E-state index in [2.05, 4.69) is 72.7 Å². The lowest BCUT2D eigenvalue weighted by Crippen LogP contribution is -2.43. The summed E-state index contributed by atoms with van der Waals surface area (Å²) in [5.41, 5.74) is 3.01. The van der Waals surface area contributed by atoms with Crippen LogP contribution in [0.25, 0.3) is 10.9 Å². The van der Waals surface area contributed by atoms with Crippen molar-refractivity contribution in [3.05, 3.63) is 33.9 Å². The van der Waals surface area contributed by atoms with Crippen LogP contribution in [0.1, 0.15) is 57.2 Å². The highest BCUT2D eigenvalue weighted by Gasteiger charge is 2.41. The van der Waals surface area contributed by atoms with Crippen LogP contribution in [0.4, 0.5) is 0 Å². The van der Waals surface area contributed by atoms with Crippen LogP contribution in [0.5, 0.6) is 0 Å². The molecule has 0 unspecified atom stereocenters. The minimum Gasteiger partial charge on any atom is -0.414 e. The van der Waals surface area contributed by atoms with E-state index in [0.717, 1.165) is 40.2 Å². The first-order chi connectivity index (χ1) is 12.0. The molecule has 3 rings (SSSR count). The van der Waals surface area contributed by atoms with Crippen LogP contribution < -0.4 is 0 Å². The first-order valence-corrected chi connectivity index (χ1v) is 13.1. The van der Waals surface area contributed by atoms with Crippen molar-refractivity contribution < 1.29 is 4.43 Å². The van der Waals surface area contributed by atoms with Crippen LogP contribution in [0.15, 0.2) is 22.8 Å². The van der Waals surface area contributed by atoms with Crippen molar-refractivity contribution in [2.24, 2.45) is 0 Å². The molecule has 2 atom stereocenters. The Bertz CT molecular complexity index is 873. The molecule has 0 spiro atoms. The number of hydrogen-bond donors (Lipinski definition) is 0. The third-order valence-electron chi connectivity index (χ3n) is 6.27. The molecule has 1 heterocycles. The maximum absolute atomic E-state index is 9.31. The second kappa shape index (κ2) is 6.81. The van der Waals surface area contributed by atoms with Gasteiger partial charge < -0.3 is 8.99 Å². The van der Waals surface area contributed by atoms with E-state index in [1.807, 2.05) is 13.0 Å². The summed E-state index contributed by atoms with van der Waals surface area (Å²) in [6, 6.07) is 6.92. The second-order valence-corrected chi connectivity index (χ2v) is 14.8. The van der Waals surface area contributed by atoms with E-state index in [-0.39, 0.29) is 5.04 Å². The Hall–Kier alpha value is -1.09. The van der Waals surface area contributed by atoms with Gasteiger partial charge in [0.15, 0.2) is 8.32 Å². The zero-order chi connectivity index (χ0) is 19.3. The largest absolute Gasteiger partial charge is 0.414 e. The minimum absolute atomic E-state index is 0.249. The van der Waals surface area contributed by atoms with E-state index in [1.165, 1.54) is 5.52 Å². The molecule has 5 heteroatoms. The van der Waals surface area contributed by atoms with E-state index < -0.39 is 8.32 Å². The molecule has 140 valence electrons. The number of nitrogens with zero attached hydrogens (tertiary/aromatic N) is 2. The average Bonchev–Trinajstić information content (AvgIpc) is 3.10. The van der Waals surface area contributed by atoms with E-state index in [1.54, 1.807) is 0 Å². The molecule has 0 saturated heterocycles. The molecule has 0 radical (unpaired) electrons. The van der Waals surface area contributed by atoms with Gasteiger partial charge in [-0.15, -0.1) is 0 Å². The lowest BCUT2D eigenvalue weighted by atomic mass is 10.1. The molecule has 0 amide bonds. The monoisotopic (exact) mass is 432 g/mol. The molecule has 1 saturated carbocycles. The van der Waals surface area contributed by atoms with Crippen LogP contribution in [-0.2, 0) is 4.43 Å². The minimum atomic E-state index is -1.72. The average molecular weight is 433 g/mol. The number of aromatic nitrogens is 1. The van der Waals surface area contributed by atoms with Crippen molar-refractivity contribution in [3.63, 3.8) is 0 Å². The van der Waals surface area contributed by atoms with Crippen LogP contribution >= 0.6 is 15.9 Å². The van der Waals surface area contributed by atoms with Crippen molar-refractivity contribution in [1.82, 2.24) is 4.57 Å². The van der Waals surface area contributed by atoms with Gasteiger partial charge in [0.2, 0.25) is 0 Å². The number of halogens is 1. The maximum Gasteiger partial charge on any atom is 0.192 e. The number of hydrogen-bond acceptors (Lipinski definition) is 2. The van der Waals surface area contributed by atoms with Gasteiger partial charge in [-0.3, -0.25) is 0 Å². The Labute approximate surface area is 166 Å². The summed E-state index contributed by atoms with van der Waals surface area (Å²) in [6.45, 7) is 13.6. The first-order valence-electron chi connectivity index (χ1n) is 9.42. The Balaban J connectivity index is 1.86. The third-order valence-corrected chi connectivity index (χ3v) is 11.4. The maximum atomic E-state index is 9.31. The Morgan fingerprint density at radius 1 is 1.27 bits per heavy atom. The van der Waals surface area contributed by atoms with Gasteiger partial charge in [0, 0.05) is 33.7 Å². The predicted molar refractivity (Wildman–Crippen MR) is 114 cm³/mol. The lowest BCUT2D eigenvalue weighted by Gasteiger charge is -2.38. The summed E-state index contributed by atoms with van der Waals surface area (Å²) >= 11 is 3.69. The van der Waals surface area contributed by atoms with Gasteiger partial charge >= 0.3 is 0 Å². The van der Waals surface area contributed by atoms with E-state index in [9.17, 15) is 5.26 Å². The van der Waals surface area contributed by atoms with E-state index in [4.69, 9.17) is 4.43 Å². The Kier molecular flexibility index (Phi) is 5.15. The molecule has 1 aliphatic carbocycles. The molecule has 0 N–H and O–H groups in total. The third kappa shape index (κ3) is 3.52. The number of benzene rings is 1. The summed E-state index contributed by atoms with van der Waals surface area (Å²) in [7, 11) is -1.72. The summed E-state index contributed by atoms with van der Waals surface area (Å²) in [6.07, 6.45) is 5.89. The summed E-state index contributed by atoms with van der Waals surface area (Å²) < 4.78 is 10.1. The quantitative estimate of drug-likeness (QED) is 0.505. The van der Waals surface area contributed by atoms with Gasteiger partial charge in [0.25, 0.3) is 0 Å². The van der Waals surface area contributed by atoms with Crippen molar-refractivity contribution in [3.8, 4) is 6.07 Å². The highest BCUT2D eigenvalue weighted by molar-refractivity contribution is 9.10. The van der Waals surface area contributed by atoms with Crippen LogP contribution in [-0.4, -0.2) is 19.0 Å². The molecular weight excluding hydrogens is 404 g/mol. The normalized spacial score (nSPS) is 21.3. The molecule has 2 aromatic rings. The molecule has 1 aromatic carbocycles. The van der Waals surface area contributed by atoms with Crippen molar-refractivity contribution in [2.45, 2.75) is 77.2 Å². The Morgan fingerprint density at radius 3 is 2.58 bits per heavy atom.